The molecule has 0 N–H and O–H groups in total. The molecule has 0 amide bonds. The fourth-order valence-corrected chi connectivity index (χ4v) is 2.99. The molecule has 0 saturated heterocycles. The highest BCUT2D eigenvalue weighted by molar-refractivity contribution is 7.86. The van der Waals surface area contributed by atoms with Crippen molar-refractivity contribution in [3.8, 4) is 5.75 Å². The second-order valence-electron chi connectivity index (χ2n) is 4.98. The van der Waals surface area contributed by atoms with E-state index >= 15 is 0 Å². The SMILES string of the molecule is Cc1ccc(C)c(OS(=O)(=O)Cc2ccc([N+](=O)[O-])cc2)c1. The second kappa shape index (κ2) is 6.15. The number of nitro groups is 1. The summed E-state index contributed by atoms with van der Waals surface area (Å²) in [5.74, 6) is -0.0554. The quantitative estimate of drug-likeness (QED) is 0.480. The third-order valence-electron chi connectivity index (χ3n) is 3.05. The van der Waals surface area contributed by atoms with Crippen molar-refractivity contribution in [1.29, 1.82) is 0 Å². The van der Waals surface area contributed by atoms with E-state index in [2.05, 4.69) is 0 Å². The van der Waals surface area contributed by atoms with E-state index in [1.54, 1.807) is 19.1 Å². The summed E-state index contributed by atoms with van der Waals surface area (Å²) in [7, 11) is -3.83. The Morgan fingerprint density at radius 2 is 1.73 bits per heavy atom. The summed E-state index contributed by atoms with van der Waals surface area (Å²) in [5.41, 5.74) is 1.96. The van der Waals surface area contributed by atoms with Crippen LogP contribution in [0.1, 0.15) is 16.7 Å². The molecule has 0 aromatic heterocycles. The molecule has 0 heterocycles. The van der Waals surface area contributed by atoms with Gasteiger partial charge in [-0.25, -0.2) is 0 Å². The van der Waals surface area contributed by atoms with Crippen LogP contribution in [-0.2, 0) is 15.9 Å². The smallest absolute Gasteiger partial charge is 0.313 e. The van der Waals surface area contributed by atoms with Crippen molar-refractivity contribution in [3.63, 3.8) is 0 Å². The van der Waals surface area contributed by atoms with Crippen LogP contribution in [0.25, 0.3) is 0 Å². The van der Waals surface area contributed by atoms with Crippen LogP contribution in [-0.4, -0.2) is 13.3 Å². The number of hydrogen-bond donors (Lipinski definition) is 0. The van der Waals surface area contributed by atoms with Gasteiger partial charge in [0.1, 0.15) is 11.5 Å². The Morgan fingerprint density at radius 1 is 1.09 bits per heavy atom. The average molecular weight is 321 g/mol. The third kappa shape index (κ3) is 4.05. The van der Waals surface area contributed by atoms with Crippen LogP contribution in [0.15, 0.2) is 42.5 Å². The van der Waals surface area contributed by atoms with Crippen LogP contribution in [0.2, 0.25) is 0 Å². The van der Waals surface area contributed by atoms with Gasteiger partial charge in [-0.1, -0.05) is 24.3 Å². The van der Waals surface area contributed by atoms with Crippen LogP contribution in [0.4, 0.5) is 5.69 Å². The zero-order valence-corrected chi connectivity index (χ0v) is 13.0. The van der Waals surface area contributed by atoms with E-state index in [0.29, 0.717) is 11.3 Å². The molecule has 0 saturated carbocycles. The fourth-order valence-electron chi connectivity index (χ4n) is 1.88. The first-order valence-corrected chi connectivity index (χ1v) is 8.07. The lowest BCUT2D eigenvalue weighted by molar-refractivity contribution is -0.384. The van der Waals surface area contributed by atoms with E-state index in [1.807, 2.05) is 13.0 Å². The van der Waals surface area contributed by atoms with Gasteiger partial charge in [0.25, 0.3) is 5.69 Å². The van der Waals surface area contributed by atoms with Gasteiger partial charge in [-0.05, 0) is 36.6 Å². The van der Waals surface area contributed by atoms with Crippen molar-refractivity contribution in [2.75, 3.05) is 0 Å². The predicted octanol–water partition coefficient (Wildman–Crippen LogP) is 3.12. The van der Waals surface area contributed by atoms with Gasteiger partial charge in [0.05, 0.1) is 4.92 Å². The molecule has 116 valence electrons. The maximum absolute atomic E-state index is 12.1. The van der Waals surface area contributed by atoms with Crippen LogP contribution < -0.4 is 4.18 Å². The molecule has 0 fully saturated rings. The zero-order chi connectivity index (χ0) is 16.3. The molecule has 22 heavy (non-hydrogen) atoms. The molecule has 2 rings (SSSR count). The Hall–Kier alpha value is -2.41. The molecular formula is C15H15NO5S. The van der Waals surface area contributed by atoms with Crippen LogP contribution in [0.5, 0.6) is 5.75 Å². The standard InChI is InChI=1S/C15H15NO5S/c1-11-3-4-12(2)15(9-11)21-22(19,20)10-13-5-7-14(8-6-13)16(17)18/h3-9H,10H2,1-2H3. The van der Waals surface area contributed by atoms with Gasteiger partial charge in [-0.3, -0.25) is 10.1 Å². The molecule has 0 aliphatic carbocycles. The van der Waals surface area contributed by atoms with Crippen molar-refractivity contribution < 1.29 is 17.5 Å². The normalized spacial score (nSPS) is 11.2. The Bertz CT molecular complexity index is 797. The van der Waals surface area contributed by atoms with Crippen LogP contribution in [0, 0.1) is 24.0 Å². The van der Waals surface area contributed by atoms with Gasteiger partial charge in [0.15, 0.2) is 0 Å². The van der Waals surface area contributed by atoms with Gasteiger partial charge >= 0.3 is 10.1 Å². The Kier molecular flexibility index (Phi) is 4.46. The van der Waals surface area contributed by atoms with E-state index in [9.17, 15) is 18.5 Å². The molecule has 2 aromatic rings. The summed E-state index contributed by atoms with van der Waals surface area (Å²) in [6.45, 7) is 3.60. The van der Waals surface area contributed by atoms with Crippen LogP contribution >= 0.6 is 0 Å². The number of nitro benzene ring substituents is 1. The van der Waals surface area contributed by atoms with Crippen molar-refractivity contribution in [2.24, 2.45) is 0 Å². The van der Waals surface area contributed by atoms with Crippen molar-refractivity contribution in [2.45, 2.75) is 19.6 Å². The summed E-state index contributed by atoms with van der Waals surface area (Å²) >= 11 is 0. The Balaban J connectivity index is 2.17. The van der Waals surface area contributed by atoms with Gasteiger partial charge in [-0.15, -0.1) is 0 Å². The average Bonchev–Trinajstić information content (AvgIpc) is 2.42. The highest BCUT2D eigenvalue weighted by Crippen LogP contribution is 2.22. The van der Waals surface area contributed by atoms with Crippen molar-refractivity contribution >= 4 is 15.8 Å². The monoisotopic (exact) mass is 321 g/mol. The number of benzene rings is 2. The molecular weight excluding hydrogens is 306 g/mol. The molecule has 2 aromatic carbocycles. The highest BCUT2D eigenvalue weighted by Gasteiger charge is 2.16. The number of nitrogens with zero attached hydrogens (tertiary/aromatic N) is 1. The Morgan fingerprint density at radius 3 is 2.32 bits per heavy atom. The minimum absolute atomic E-state index is 0.0865. The summed E-state index contributed by atoms with van der Waals surface area (Å²) in [5, 5.41) is 10.6. The topological polar surface area (TPSA) is 86.5 Å². The minimum Gasteiger partial charge on any atom is -0.382 e. The molecule has 0 atom stereocenters. The molecule has 0 bridgehead atoms. The summed E-state index contributed by atoms with van der Waals surface area (Å²) in [4.78, 5) is 10.0. The van der Waals surface area contributed by atoms with E-state index in [1.165, 1.54) is 24.3 Å². The molecule has 0 aliphatic rings. The van der Waals surface area contributed by atoms with Gasteiger partial charge in [0, 0.05) is 12.1 Å². The molecule has 7 heteroatoms. The van der Waals surface area contributed by atoms with Crippen molar-refractivity contribution in [3.05, 3.63) is 69.3 Å². The summed E-state index contributed by atoms with van der Waals surface area (Å²) in [6, 6.07) is 10.6. The maximum Gasteiger partial charge on any atom is 0.313 e. The fraction of sp³-hybridized carbons (Fsp3) is 0.200. The first kappa shape index (κ1) is 16.0. The minimum atomic E-state index is -3.83. The van der Waals surface area contributed by atoms with E-state index in [4.69, 9.17) is 4.18 Å². The number of rotatable bonds is 5. The van der Waals surface area contributed by atoms with Gasteiger partial charge in [-0.2, -0.15) is 8.42 Å². The first-order valence-electron chi connectivity index (χ1n) is 6.49. The number of aryl methyl sites for hydroxylation is 2. The number of hydrogen-bond acceptors (Lipinski definition) is 5. The van der Waals surface area contributed by atoms with E-state index < -0.39 is 15.0 Å². The molecule has 0 unspecified atom stereocenters. The summed E-state index contributed by atoms with van der Waals surface area (Å²) < 4.78 is 29.3. The lowest BCUT2D eigenvalue weighted by Crippen LogP contribution is -2.13. The molecule has 0 aliphatic heterocycles. The lowest BCUT2D eigenvalue weighted by Gasteiger charge is -2.10. The largest absolute Gasteiger partial charge is 0.382 e. The Labute approximate surface area is 128 Å². The maximum atomic E-state index is 12.1. The van der Waals surface area contributed by atoms with Crippen LogP contribution in [0.3, 0.4) is 0 Å². The van der Waals surface area contributed by atoms with E-state index in [0.717, 1.165) is 11.1 Å². The predicted molar refractivity (Wildman–Crippen MR) is 82.3 cm³/mol. The molecule has 0 spiro atoms. The van der Waals surface area contributed by atoms with E-state index in [-0.39, 0.29) is 11.4 Å². The first-order chi connectivity index (χ1) is 10.3. The molecule has 6 nitrogen and oxygen atoms in total. The molecule has 0 radical (unpaired) electrons. The summed E-state index contributed by atoms with van der Waals surface area (Å²) in [6.07, 6.45) is 0. The van der Waals surface area contributed by atoms with Crippen molar-refractivity contribution in [1.82, 2.24) is 0 Å². The highest BCUT2D eigenvalue weighted by atomic mass is 32.2. The number of non-ortho nitro benzene ring substituents is 1. The zero-order valence-electron chi connectivity index (χ0n) is 12.1. The van der Waals surface area contributed by atoms with Gasteiger partial charge < -0.3 is 4.18 Å². The lowest BCUT2D eigenvalue weighted by atomic mass is 10.1. The third-order valence-corrected chi connectivity index (χ3v) is 4.17. The second-order valence-corrected chi connectivity index (χ2v) is 6.55. The van der Waals surface area contributed by atoms with Gasteiger partial charge in [0.2, 0.25) is 0 Å².